The van der Waals surface area contributed by atoms with Gasteiger partial charge in [-0.3, -0.25) is 14.4 Å². The molecule has 0 N–H and O–H groups in total. The zero-order valence-corrected chi connectivity index (χ0v) is 22.4. The summed E-state index contributed by atoms with van der Waals surface area (Å²) in [5.74, 6) is 0.701. The van der Waals surface area contributed by atoms with Gasteiger partial charge in [-0.1, -0.05) is 74.0 Å². The molecule has 0 bridgehead atoms. The molecule has 5 aliphatic rings. The van der Waals surface area contributed by atoms with Crippen LogP contribution in [0.25, 0.3) is 11.1 Å². The highest BCUT2D eigenvalue weighted by Crippen LogP contribution is 2.64. The summed E-state index contributed by atoms with van der Waals surface area (Å²) in [6.07, 6.45) is 7.48. The maximum atomic E-state index is 13.6. The molecule has 4 heteroatoms. The zero-order valence-electron chi connectivity index (χ0n) is 22.4. The van der Waals surface area contributed by atoms with Crippen LogP contribution >= 0.6 is 0 Å². The molecule has 0 saturated heterocycles. The average molecular weight is 509 g/mol. The number of ketones is 2. The van der Waals surface area contributed by atoms with E-state index in [1.807, 2.05) is 0 Å². The van der Waals surface area contributed by atoms with Crippen LogP contribution in [0.3, 0.4) is 0 Å². The lowest BCUT2D eigenvalue weighted by Crippen LogP contribution is -2.54. The van der Waals surface area contributed by atoms with E-state index in [9.17, 15) is 14.4 Å². The number of hydrogen-bond donors (Lipinski definition) is 0. The molecule has 5 aliphatic carbocycles. The number of carbonyl (C=O) groups is 3. The van der Waals surface area contributed by atoms with Crippen LogP contribution in [0.5, 0.6) is 0 Å². The number of benzene rings is 2. The maximum absolute atomic E-state index is 13.6. The first-order valence-corrected chi connectivity index (χ1v) is 14.4. The largest absolute Gasteiger partial charge is 0.464 e. The van der Waals surface area contributed by atoms with E-state index in [2.05, 4.69) is 68.5 Å². The Morgan fingerprint density at radius 1 is 0.868 bits per heavy atom. The van der Waals surface area contributed by atoms with Crippen molar-refractivity contribution in [3.05, 3.63) is 71.3 Å². The standard InChI is InChI=1S/C34H36O4/c1-33-15-13-20(17-21(33)18-29(35)31-27-11-12-30(36)34(27,2)16-14-28(31)33)32(37)38-19-26-24-9-5-3-7-22(24)23-8-4-6-10-25(23)26/h3-10,17,20,26-28,31H,11-16,18-19H2,1-2H3/t20-,27?,28?,31?,33-,34-/m0/s1. The second-order valence-electron chi connectivity index (χ2n) is 12.9. The summed E-state index contributed by atoms with van der Waals surface area (Å²) in [5.41, 5.74) is 5.65. The minimum absolute atomic E-state index is 0.00615. The fraction of sp³-hybridized carbons (Fsp3) is 0.500. The molecule has 4 nitrogen and oxygen atoms in total. The van der Waals surface area contributed by atoms with Crippen LogP contribution in [-0.4, -0.2) is 24.1 Å². The third-order valence-electron chi connectivity index (χ3n) is 11.3. The summed E-state index contributed by atoms with van der Waals surface area (Å²) < 4.78 is 6.00. The molecule has 3 fully saturated rings. The van der Waals surface area contributed by atoms with Crippen molar-refractivity contribution in [2.45, 2.75) is 64.7 Å². The lowest BCUT2D eigenvalue weighted by atomic mass is 9.47. The minimum atomic E-state index is -0.313. The molecule has 3 unspecified atom stereocenters. The number of allylic oxidation sites excluding steroid dienone is 1. The summed E-state index contributed by atoms with van der Waals surface area (Å²) in [4.78, 5) is 39.6. The Labute approximate surface area is 224 Å². The van der Waals surface area contributed by atoms with Crippen molar-refractivity contribution in [3.63, 3.8) is 0 Å². The Bertz CT molecular complexity index is 1340. The van der Waals surface area contributed by atoms with Crippen LogP contribution < -0.4 is 0 Å². The highest BCUT2D eigenvalue weighted by atomic mass is 16.5. The fourth-order valence-corrected chi connectivity index (χ4v) is 9.10. The normalized spacial score (nSPS) is 35.5. The van der Waals surface area contributed by atoms with E-state index in [-0.39, 0.29) is 52.2 Å². The van der Waals surface area contributed by atoms with E-state index in [0.717, 1.165) is 37.7 Å². The summed E-state index contributed by atoms with van der Waals surface area (Å²) >= 11 is 0. The molecule has 0 amide bonds. The van der Waals surface area contributed by atoms with Gasteiger partial charge in [-0.2, -0.15) is 0 Å². The predicted octanol–water partition coefficient (Wildman–Crippen LogP) is 6.67. The Kier molecular flexibility index (Phi) is 5.38. The van der Waals surface area contributed by atoms with Gasteiger partial charge in [-0.25, -0.2) is 0 Å². The van der Waals surface area contributed by atoms with Crippen LogP contribution in [-0.2, 0) is 19.1 Å². The molecular formula is C34H36O4. The first kappa shape index (κ1) is 24.1. The number of carbonyl (C=O) groups excluding carboxylic acids is 3. The molecule has 0 aromatic heterocycles. The molecule has 7 rings (SSSR count). The smallest absolute Gasteiger partial charge is 0.312 e. The molecule has 196 valence electrons. The SMILES string of the molecule is C[C@]12CC[C@H](C(=O)OCC3c4ccccc4-c4ccccc43)C=C1CC(=O)C1C2CC[C@]2(C)C(=O)CCC12. The number of fused-ring (bicyclic) bond motifs is 8. The van der Waals surface area contributed by atoms with Crippen molar-refractivity contribution in [2.75, 3.05) is 6.61 Å². The molecule has 2 aromatic rings. The fourth-order valence-electron chi connectivity index (χ4n) is 9.10. The third-order valence-corrected chi connectivity index (χ3v) is 11.3. The average Bonchev–Trinajstić information content (AvgIpc) is 3.41. The summed E-state index contributed by atoms with van der Waals surface area (Å²) in [7, 11) is 0. The van der Waals surface area contributed by atoms with Crippen molar-refractivity contribution in [2.24, 2.45) is 34.5 Å². The van der Waals surface area contributed by atoms with Crippen molar-refractivity contribution >= 4 is 17.5 Å². The van der Waals surface area contributed by atoms with Gasteiger partial charge in [0.05, 0.1) is 5.92 Å². The number of esters is 1. The molecular weight excluding hydrogens is 472 g/mol. The van der Waals surface area contributed by atoms with E-state index in [1.54, 1.807) is 0 Å². The molecule has 0 aliphatic heterocycles. The van der Waals surface area contributed by atoms with Gasteiger partial charge in [0.25, 0.3) is 0 Å². The van der Waals surface area contributed by atoms with Gasteiger partial charge in [0, 0.05) is 30.1 Å². The van der Waals surface area contributed by atoms with Crippen LogP contribution in [0.1, 0.15) is 75.8 Å². The van der Waals surface area contributed by atoms with Gasteiger partial charge in [-0.05, 0) is 71.6 Å². The summed E-state index contributed by atoms with van der Waals surface area (Å²) in [6, 6.07) is 16.8. The van der Waals surface area contributed by atoms with Gasteiger partial charge in [0.2, 0.25) is 0 Å². The van der Waals surface area contributed by atoms with Crippen LogP contribution in [0, 0.1) is 34.5 Å². The second-order valence-corrected chi connectivity index (χ2v) is 12.9. The van der Waals surface area contributed by atoms with Gasteiger partial charge in [0.1, 0.15) is 18.2 Å². The third kappa shape index (κ3) is 3.31. The van der Waals surface area contributed by atoms with E-state index in [0.29, 0.717) is 25.2 Å². The Morgan fingerprint density at radius 3 is 2.21 bits per heavy atom. The number of hydrogen-bond acceptors (Lipinski definition) is 4. The van der Waals surface area contributed by atoms with Crippen molar-refractivity contribution in [3.8, 4) is 11.1 Å². The van der Waals surface area contributed by atoms with Gasteiger partial charge in [-0.15, -0.1) is 0 Å². The highest BCUT2D eigenvalue weighted by Gasteiger charge is 2.61. The van der Waals surface area contributed by atoms with E-state index in [4.69, 9.17) is 4.74 Å². The zero-order chi connectivity index (χ0) is 26.2. The first-order chi connectivity index (χ1) is 18.3. The molecule has 0 radical (unpaired) electrons. The molecule has 0 spiro atoms. The van der Waals surface area contributed by atoms with Crippen LogP contribution in [0.15, 0.2) is 60.2 Å². The summed E-state index contributed by atoms with van der Waals surface area (Å²) in [6.45, 7) is 4.76. The number of rotatable bonds is 3. The van der Waals surface area contributed by atoms with Crippen LogP contribution in [0.2, 0.25) is 0 Å². The molecule has 38 heavy (non-hydrogen) atoms. The van der Waals surface area contributed by atoms with E-state index >= 15 is 0 Å². The monoisotopic (exact) mass is 508 g/mol. The summed E-state index contributed by atoms with van der Waals surface area (Å²) in [5, 5.41) is 0. The molecule has 3 saturated carbocycles. The Balaban J connectivity index is 1.10. The Morgan fingerprint density at radius 2 is 1.50 bits per heavy atom. The second kappa shape index (κ2) is 8.49. The maximum Gasteiger partial charge on any atom is 0.312 e. The minimum Gasteiger partial charge on any atom is -0.464 e. The van der Waals surface area contributed by atoms with Crippen molar-refractivity contribution < 1.29 is 19.1 Å². The van der Waals surface area contributed by atoms with E-state index < -0.39 is 0 Å². The number of ether oxygens (including phenoxy) is 1. The lowest BCUT2D eigenvalue weighted by molar-refractivity contribution is -0.150. The lowest BCUT2D eigenvalue weighted by Gasteiger charge is -2.56. The van der Waals surface area contributed by atoms with Crippen molar-refractivity contribution in [1.82, 2.24) is 0 Å². The van der Waals surface area contributed by atoms with Gasteiger partial charge >= 0.3 is 5.97 Å². The molecule has 2 aromatic carbocycles. The first-order valence-electron chi connectivity index (χ1n) is 14.4. The topological polar surface area (TPSA) is 60.4 Å². The van der Waals surface area contributed by atoms with E-state index in [1.165, 1.54) is 22.3 Å². The molecule has 0 heterocycles. The predicted molar refractivity (Wildman–Crippen MR) is 145 cm³/mol. The van der Waals surface area contributed by atoms with Gasteiger partial charge in [0.15, 0.2) is 0 Å². The quantitative estimate of drug-likeness (QED) is 0.343. The number of Topliss-reactive ketones (excluding diaryl/α,β-unsaturated/α-hetero) is 2. The van der Waals surface area contributed by atoms with Gasteiger partial charge < -0.3 is 4.74 Å². The van der Waals surface area contributed by atoms with Crippen LogP contribution in [0.4, 0.5) is 0 Å². The van der Waals surface area contributed by atoms with Crippen molar-refractivity contribution in [1.29, 1.82) is 0 Å². The molecule has 6 atom stereocenters. The highest BCUT2D eigenvalue weighted by molar-refractivity contribution is 5.92. The Hall–Kier alpha value is -3.01.